The van der Waals surface area contributed by atoms with Crippen molar-refractivity contribution >= 4 is 17.7 Å². The van der Waals surface area contributed by atoms with Crippen LogP contribution < -0.4 is 0 Å². The van der Waals surface area contributed by atoms with Crippen molar-refractivity contribution in [2.45, 2.75) is 25.9 Å². The van der Waals surface area contributed by atoms with Crippen LogP contribution in [0.1, 0.15) is 41.8 Å². The van der Waals surface area contributed by atoms with Crippen LogP contribution in [0.4, 0.5) is 0 Å². The molecule has 1 aliphatic rings. The summed E-state index contributed by atoms with van der Waals surface area (Å²) in [5.74, 6) is -2.06. The summed E-state index contributed by atoms with van der Waals surface area (Å²) in [7, 11) is 1.25. The second kappa shape index (κ2) is 7.74. The molecular weight excluding hydrogens is 344 g/mol. The first-order valence-corrected chi connectivity index (χ1v) is 8.97. The Morgan fingerprint density at radius 1 is 1.04 bits per heavy atom. The van der Waals surface area contributed by atoms with Gasteiger partial charge in [-0.15, -0.1) is 0 Å². The normalized spacial score (nSPS) is 24.3. The highest BCUT2D eigenvalue weighted by atomic mass is 16.6. The average Bonchev–Trinajstić information content (AvgIpc) is 3.00. The molecule has 0 spiro atoms. The fourth-order valence-electron chi connectivity index (χ4n) is 3.85. The molecule has 3 atom stereocenters. The van der Waals surface area contributed by atoms with Gasteiger partial charge in [0.1, 0.15) is 6.10 Å². The molecule has 140 valence electrons. The Labute approximate surface area is 158 Å². The fraction of sp³-hybridized carbons (Fsp3) is 0.318. The molecule has 0 radical (unpaired) electrons. The fourth-order valence-corrected chi connectivity index (χ4v) is 3.85. The van der Waals surface area contributed by atoms with Crippen molar-refractivity contribution in [3.05, 3.63) is 71.8 Å². The molecule has 0 aliphatic carbocycles. The van der Waals surface area contributed by atoms with Gasteiger partial charge < -0.3 is 9.47 Å². The average molecular weight is 366 g/mol. The number of Topliss-reactive ketones (excluding diaryl/α,β-unsaturated/α-hetero) is 1. The molecule has 3 rings (SSSR count). The van der Waals surface area contributed by atoms with Crippen molar-refractivity contribution < 1.29 is 23.9 Å². The summed E-state index contributed by atoms with van der Waals surface area (Å²) in [6, 6.07) is 18.0. The van der Waals surface area contributed by atoms with Gasteiger partial charge in [-0.25, -0.2) is 0 Å². The Kier molecular flexibility index (Phi) is 5.40. The molecule has 1 aliphatic heterocycles. The van der Waals surface area contributed by atoms with Crippen molar-refractivity contribution in [3.8, 4) is 0 Å². The second-order valence-corrected chi connectivity index (χ2v) is 6.65. The van der Waals surface area contributed by atoms with E-state index in [-0.39, 0.29) is 18.6 Å². The van der Waals surface area contributed by atoms with Gasteiger partial charge in [-0.1, -0.05) is 67.6 Å². The Hall–Kier alpha value is -2.95. The van der Waals surface area contributed by atoms with Gasteiger partial charge in [-0.3, -0.25) is 14.4 Å². The summed E-state index contributed by atoms with van der Waals surface area (Å²) in [6.45, 7) is 1.74. The number of cyclic esters (lactones) is 1. The van der Waals surface area contributed by atoms with Gasteiger partial charge in [0.2, 0.25) is 0 Å². The highest BCUT2D eigenvalue weighted by Crippen LogP contribution is 2.52. The van der Waals surface area contributed by atoms with Crippen LogP contribution in [0.15, 0.2) is 60.7 Å². The molecule has 5 nitrogen and oxygen atoms in total. The van der Waals surface area contributed by atoms with Crippen LogP contribution in [0.3, 0.4) is 0 Å². The molecule has 0 aromatic heterocycles. The van der Waals surface area contributed by atoms with E-state index in [0.29, 0.717) is 5.56 Å². The lowest BCUT2D eigenvalue weighted by molar-refractivity contribution is -0.164. The lowest BCUT2D eigenvalue weighted by Crippen LogP contribution is -2.42. The molecule has 0 N–H and O–H groups in total. The molecule has 2 aromatic carbocycles. The van der Waals surface area contributed by atoms with Gasteiger partial charge in [0, 0.05) is 17.9 Å². The predicted octanol–water partition coefficient (Wildman–Crippen LogP) is 3.74. The number of benzene rings is 2. The van der Waals surface area contributed by atoms with E-state index in [1.807, 2.05) is 36.4 Å². The van der Waals surface area contributed by atoms with Crippen molar-refractivity contribution in [2.75, 3.05) is 7.11 Å². The third kappa shape index (κ3) is 3.25. The van der Waals surface area contributed by atoms with E-state index in [1.54, 1.807) is 31.2 Å². The quantitative estimate of drug-likeness (QED) is 0.442. The van der Waals surface area contributed by atoms with Crippen molar-refractivity contribution in [2.24, 2.45) is 11.3 Å². The lowest BCUT2D eigenvalue weighted by Gasteiger charge is -2.28. The molecule has 3 unspecified atom stereocenters. The minimum absolute atomic E-state index is 0.0122. The number of carbonyl (C=O) groups excluding carboxylic acids is 3. The number of ether oxygens (including phenoxy) is 2. The van der Waals surface area contributed by atoms with Crippen LogP contribution in [0.2, 0.25) is 0 Å². The molecule has 1 fully saturated rings. The van der Waals surface area contributed by atoms with Crippen LogP contribution >= 0.6 is 0 Å². The van der Waals surface area contributed by atoms with Crippen LogP contribution in [0, 0.1) is 11.3 Å². The first kappa shape index (κ1) is 18.8. The van der Waals surface area contributed by atoms with Crippen molar-refractivity contribution in [3.63, 3.8) is 0 Å². The Morgan fingerprint density at radius 2 is 1.63 bits per heavy atom. The molecule has 0 bridgehead atoms. The highest BCUT2D eigenvalue weighted by molar-refractivity contribution is 6.04. The molecule has 5 heteroatoms. The molecule has 0 amide bonds. The van der Waals surface area contributed by atoms with E-state index in [9.17, 15) is 14.4 Å². The van der Waals surface area contributed by atoms with Crippen molar-refractivity contribution in [1.82, 2.24) is 0 Å². The number of carbonyl (C=O) groups is 3. The summed E-state index contributed by atoms with van der Waals surface area (Å²) in [6.07, 6.45) is -0.460. The van der Waals surface area contributed by atoms with Crippen molar-refractivity contribution in [1.29, 1.82) is 0 Å². The minimum atomic E-state index is -1.49. The number of esters is 2. The first-order valence-electron chi connectivity index (χ1n) is 8.97. The van der Waals surface area contributed by atoms with Crippen LogP contribution in [-0.4, -0.2) is 24.8 Å². The third-order valence-electron chi connectivity index (χ3n) is 5.33. The standard InChI is InChI=1S/C22H22O5/c1-3-22(20(24)26-2)17(14-18(23)15-10-6-4-7-11-15)19(27-21(22)25)16-12-8-5-9-13-16/h4-13,17,19H,3,14H2,1-2H3. The van der Waals surface area contributed by atoms with E-state index in [1.165, 1.54) is 7.11 Å². The summed E-state index contributed by atoms with van der Waals surface area (Å²) >= 11 is 0. The van der Waals surface area contributed by atoms with Gasteiger partial charge in [0.25, 0.3) is 0 Å². The second-order valence-electron chi connectivity index (χ2n) is 6.65. The zero-order valence-electron chi connectivity index (χ0n) is 15.4. The maximum Gasteiger partial charge on any atom is 0.324 e. The van der Waals surface area contributed by atoms with Crippen LogP contribution in [0.25, 0.3) is 0 Å². The monoisotopic (exact) mass is 366 g/mol. The topological polar surface area (TPSA) is 69.7 Å². The first-order chi connectivity index (χ1) is 13.0. The number of ketones is 1. The van der Waals surface area contributed by atoms with Crippen LogP contribution in [-0.2, 0) is 19.1 Å². The number of methoxy groups -OCH3 is 1. The summed E-state index contributed by atoms with van der Waals surface area (Å²) in [5.41, 5.74) is -0.186. The summed E-state index contributed by atoms with van der Waals surface area (Å²) in [4.78, 5) is 38.3. The number of hydrogen-bond acceptors (Lipinski definition) is 5. The van der Waals surface area contributed by atoms with Gasteiger partial charge in [-0.05, 0) is 12.0 Å². The highest BCUT2D eigenvalue weighted by Gasteiger charge is 2.62. The zero-order valence-corrected chi connectivity index (χ0v) is 15.4. The van der Waals surface area contributed by atoms with Gasteiger partial charge >= 0.3 is 11.9 Å². The molecular formula is C22H22O5. The van der Waals surface area contributed by atoms with E-state index in [4.69, 9.17) is 9.47 Å². The Balaban J connectivity index is 2.04. The maximum absolute atomic E-state index is 12.9. The maximum atomic E-state index is 12.9. The van der Waals surface area contributed by atoms with Crippen LogP contribution in [0.5, 0.6) is 0 Å². The lowest BCUT2D eigenvalue weighted by atomic mass is 9.69. The third-order valence-corrected chi connectivity index (χ3v) is 5.33. The predicted molar refractivity (Wildman–Crippen MR) is 98.9 cm³/mol. The Bertz CT molecular complexity index is 830. The largest absolute Gasteiger partial charge is 0.468 e. The number of rotatable bonds is 6. The SMILES string of the molecule is CCC1(C(=O)OC)C(=O)OC(c2ccccc2)C1CC(=O)c1ccccc1. The molecule has 27 heavy (non-hydrogen) atoms. The molecule has 0 saturated carbocycles. The molecule has 1 heterocycles. The van der Waals surface area contributed by atoms with Gasteiger partial charge in [0.05, 0.1) is 7.11 Å². The van der Waals surface area contributed by atoms with E-state index in [0.717, 1.165) is 5.56 Å². The summed E-state index contributed by atoms with van der Waals surface area (Å²) < 4.78 is 10.6. The van der Waals surface area contributed by atoms with Gasteiger partial charge in [0.15, 0.2) is 11.2 Å². The minimum Gasteiger partial charge on any atom is -0.468 e. The van der Waals surface area contributed by atoms with E-state index >= 15 is 0 Å². The Morgan fingerprint density at radius 3 is 2.19 bits per heavy atom. The number of hydrogen-bond donors (Lipinski definition) is 0. The molecule has 2 aromatic rings. The van der Waals surface area contributed by atoms with Gasteiger partial charge in [-0.2, -0.15) is 0 Å². The summed E-state index contributed by atoms with van der Waals surface area (Å²) in [5, 5.41) is 0. The zero-order chi connectivity index (χ0) is 19.4. The van der Waals surface area contributed by atoms with E-state index < -0.39 is 29.4 Å². The smallest absolute Gasteiger partial charge is 0.324 e. The molecule has 1 saturated heterocycles. The van der Waals surface area contributed by atoms with E-state index in [2.05, 4.69) is 0 Å².